The van der Waals surface area contributed by atoms with Crippen molar-refractivity contribution in [2.24, 2.45) is 5.41 Å². The molecule has 0 bridgehead atoms. The lowest BCUT2D eigenvalue weighted by molar-refractivity contribution is -0.186. The molecule has 0 heterocycles. The highest BCUT2D eigenvalue weighted by molar-refractivity contribution is 6.27. The second-order valence-electron chi connectivity index (χ2n) is 7.59. The number of amides is 2. The maximum absolute atomic E-state index is 13.3. The van der Waals surface area contributed by atoms with Crippen LogP contribution in [0.4, 0.5) is 0 Å². The molecule has 5 N–H and O–H groups in total. The van der Waals surface area contributed by atoms with E-state index in [0.717, 1.165) is 12.5 Å². The molecule has 9 nitrogen and oxygen atoms in total. The Balaban J connectivity index is 2.50. The summed E-state index contributed by atoms with van der Waals surface area (Å²) in [4.78, 5) is 38.5. The zero-order chi connectivity index (χ0) is 24.9. The average molecular weight is 453 g/mol. The number of terminal acetylenes is 1. The monoisotopic (exact) mass is 453 g/mol. The molecular weight excluding hydrogens is 426 g/mol. The second kappa shape index (κ2) is 10.4. The van der Waals surface area contributed by atoms with E-state index in [2.05, 4.69) is 16.7 Å². The van der Waals surface area contributed by atoms with Crippen molar-refractivity contribution in [2.45, 2.75) is 26.1 Å². The number of ketones is 1. The number of benzene rings is 2. The molecule has 0 saturated heterocycles. The largest absolute Gasteiger partial charge is 0.390 e. The third-order valence-electron chi connectivity index (χ3n) is 5.43. The topological polar surface area (TPSA) is 139 Å². The SMILES string of the molecule is C#Cc1cc(-c2ccc([C@H](O)[C@H](C)O)cc2)ccc1C(=O)[C@@](C)(C(=O)NC)C(=O)N(O)NC. The minimum atomic E-state index is -2.28. The summed E-state index contributed by atoms with van der Waals surface area (Å²) in [6, 6.07) is 11.4. The van der Waals surface area contributed by atoms with Crippen LogP contribution in [0.1, 0.15) is 41.4 Å². The summed E-state index contributed by atoms with van der Waals surface area (Å²) < 4.78 is 0. The van der Waals surface area contributed by atoms with Crippen LogP contribution < -0.4 is 10.7 Å². The molecule has 0 aliphatic heterocycles. The molecule has 0 aliphatic carbocycles. The van der Waals surface area contributed by atoms with E-state index in [9.17, 15) is 29.8 Å². The predicted octanol–water partition coefficient (Wildman–Crippen LogP) is 1.04. The summed E-state index contributed by atoms with van der Waals surface area (Å²) >= 11 is 0. The van der Waals surface area contributed by atoms with E-state index in [1.54, 1.807) is 36.4 Å². The van der Waals surface area contributed by atoms with Gasteiger partial charge in [-0.3, -0.25) is 19.6 Å². The number of aliphatic hydroxyl groups excluding tert-OH is 2. The van der Waals surface area contributed by atoms with Gasteiger partial charge in [0.15, 0.2) is 11.2 Å². The van der Waals surface area contributed by atoms with E-state index in [4.69, 9.17) is 6.42 Å². The van der Waals surface area contributed by atoms with Gasteiger partial charge in [-0.05, 0) is 42.7 Å². The quantitative estimate of drug-likeness (QED) is 0.132. The number of Topliss-reactive ketones (excluding diaryl/α,β-unsaturated/α-hetero) is 1. The first-order valence-corrected chi connectivity index (χ1v) is 10.1. The molecule has 33 heavy (non-hydrogen) atoms. The molecule has 0 spiro atoms. The molecule has 0 fully saturated rings. The molecule has 0 aromatic heterocycles. The standard InChI is InChI=1S/C24H27N3O6/c1-6-15-13-18(16-7-9-17(10-8-16)20(29)14(2)28)11-12-19(15)21(30)24(3,22(31)25-4)23(32)27(33)26-5/h1,7-14,20,26,28-29,33H,2-5H3,(H,25,31)/t14-,20+,24-/m0/s1. The first-order valence-electron chi connectivity index (χ1n) is 10.1. The number of hydrogen-bond donors (Lipinski definition) is 5. The lowest BCUT2D eigenvalue weighted by Gasteiger charge is -2.28. The molecule has 9 heteroatoms. The lowest BCUT2D eigenvalue weighted by atomic mass is 9.78. The van der Waals surface area contributed by atoms with Crippen LogP contribution in [0.15, 0.2) is 42.5 Å². The molecule has 174 valence electrons. The normalized spacial score (nSPS) is 14.4. The molecular formula is C24H27N3O6. The second-order valence-corrected chi connectivity index (χ2v) is 7.59. The summed E-state index contributed by atoms with van der Waals surface area (Å²) in [5.41, 5.74) is 1.93. The molecule has 0 saturated carbocycles. The summed E-state index contributed by atoms with van der Waals surface area (Å²) in [6.07, 6.45) is 3.68. The number of hydrazine groups is 1. The van der Waals surface area contributed by atoms with Gasteiger partial charge in [0.2, 0.25) is 5.91 Å². The summed E-state index contributed by atoms with van der Waals surface area (Å²) in [5.74, 6) is -0.548. The predicted molar refractivity (Wildman–Crippen MR) is 121 cm³/mol. The molecule has 2 rings (SSSR count). The summed E-state index contributed by atoms with van der Waals surface area (Å²) in [6.45, 7) is 2.59. The van der Waals surface area contributed by atoms with Crippen molar-refractivity contribution in [3.63, 3.8) is 0 Å². The Morgan fingerprint density at radius 2 is 1.64 bits per heavy atom. The van der Waals surface area contributed by atoms with Crippen LogP contribution in [-0.4, -0.2) is 58.4 Å². The van der Waals surface area contributed by atoms with E-state index in [-0.39, 0.29) is 16.3 Å². The maximum atomic E-state index is 13.3. The van der Waals surface area contributed by atoms with Gasteiger partial charge in [-0.15, -0.1) is 11.6 Å². The average Bonchev–Trinajstić information content (AvgIpc) is 2.85. The van der Waals surface area contributed by atoms with Crippen LogP contribution in [0.25, 0.3) is 11.1 Å². The van der Waals surface area contributed by atoms with Gasteiger partial charge in [-0.1, -0.05) is 36.3 Å². The van der Waals surface area contributed by atoms with Crippen LogP contribution in [0.3, 0.4) is 0 Å². The zero-order valence-electron chi connectivity index (χ0n) is 18.8. The minimum absolute atomic E-state index is 0.0358. The Morgan fingerprint density at radius 1 is 1.06 bits per heavy atom. The van der Waals surface area contributed by atoms with Gasteiger partial charge >= 0.3 is 0 Å². The Bertz CT molecular complexity index is 1090. The third-order valence-corrected chi connectivity index (χ3v) is 5.43. The zero-order valence-corrected chi connectivity index (χ0v) is 18.8. The van der Waals surface area contributed by atoms with Crippen LogP contribution in [-0.2, 0) is 9.59 Å². The molecule has 0 radical (unpaired) electrons. The van der Waals surface area contributed by atoms with E-state index in [0.29, 0.717) is 11.1 Å². The number of nitrogens with zero attached hydrogens (tertiary/aromatic N) is 1. The van der Waals surface area contributed by atoms with Gasteiger partial charge < -0.3 is 15.5 Å². The van der Waals surface area contributed by atoms with Crippen LogP contribution >= 0.6 is 0 Å². The molecule has 0 aliphatic rings. The fraction of sp³-hybridized carbons (Fsp3) is 0.292. The molecule has 2 aromatic carbocycles. The van der Waals surface area contributed by atoms with Crippen molar-refractivity contribution < 1.29 is 29.8 Å². The van der Waals surface area contributed by atoms with Crippen molar-refractivity contribution in [3.05, 3.63) is 59.2 Å². The first kappa shape index (κ1) is 25.7. The fourth-order valence-corrected chi connectivity index (χ4v) is 3.32. The van der Waals surface area contributed by atoms with Gasteiger partial charge in [-0.2, -0.15) is 0 Å². The Morgan fingerprint density at radius 3 is 2.12 bits per heavy atom. The number of hydrogen-bond acceptors (Lipinski definition) is 7. The number of hydroxylamine groups is 1. The van der Waals surface area contributed by atoms with Gasteiger partial charge in [0, 0.05) is 25.2 Å². The van der Waals surface area contributed by atoms with Crippen LogP contribution in [0, 0.1) is 17.8 Å². The van der Waals surface area contributed by atoms with Gasteiger partial charge in [0.1, 0.15) is 6.10 Å². The van der Waals surface area contributed by atoms with Crippen molar-refractivity contribution >= 4 is 17.6 Å². The number of carbonyl (C=O) groups excluding carboxylic acids is 3. The number of nitrogens with one attached hydrogen (secondary N) is 2. The number of aliphatic hydroxyl groups is 2. The Hall–Kier alpha value is -3.55. The molecule has 2 amide bonds. The van der Waals surface area contributed by atoms with Crippen molar-refractivity contribution in [3.8, 4) is 23.5 Å². The van der Waals surface area contributed by atoms with Crippen molar-refractivity contribution in [2.75, 3.05) is 14.1 Å². The smallest absolute Gasteiger partial charge is 0.284 e. The minimum Gasteiger partial charge on any atom is -0.390 e. The molecule has 3 atom stereocenters. The van der Waals surface area contributed by atoms with E-state index >= 15 is 0 Å². The Kier molecular flexibility index (Phi) is 8.08. The van der Waals surface area contributed by atoms with Crippen molar-refractivity contribution in [1.82, 2.24) is 15.9 Å². The Labute approximate surface area is 192 Å². The van der Waals surface area contributed by atoms with Gasteiger partial charge in [0.05, 0.1) is 6.10 Å². The van der Waals surface area contributed by atoms with E-state index in [1.807, 2.05) is 0 Å². The van der Waals surface area contributed by atoms with Gasteiger partial charge in [0.25, 0.3) is 5.91 Å². The van der Waals surface area contributed by atoms with Crippen LogP contribution in [0.5, 0.6) is 0 Å². The number of rotatable bonds is 8. The third kappa shape index (κ3) is 4.94. The summed E-state index contributed by atoms with van der Waals surface area (Å²) in [7, 11) is 2.52. The van der Waals surface area contributed by atoms with E-state index < -0.39 is 35.2 Å². The number of carbonyl (C=O) groups is 3. The highest BCUT2D eigenvalue weighted by Gasteiger charge is 2.51. The highest BCUT2D eigenvalue weighted by Crippen LogP contribution is 2.30. The maximum Gasteiger partial charge on any atom is 0.284 e. The molecule has 0 unspecified atom stereocenters. The summed E-state index contributed by atoms with van der Waals surface area (Å²) in [5, 5.41) is 31.7. The first-order chi connectivity index (χ1) is 15.5. The lowest BCUT2D eigenvalue weighted by Crippen LogP contribution is -2.56. The highest BCUT2D eigenvalue weighted by atomic mass is 16.6. The fourth-order valence-electron chi connectivity index (χ4n) is 3.32. The van der Waals surface area contributed by atoms with Crippen LogP contribution in [0.2, 0.25) is 0 Å². The van der Waals surface area contributed by atoms with Gasteiger partial charge in [-0.25, -0.2) is 5.43 Å². The van der Waals surface area contributed by atoms with Crippen molar-refractivity contribution in [1.29, 1.82) is 0 Å². The van der Waals surface area contributed by atoms with E-state index in [1.165, 1.54) is 27.1 Å². The molecule has 2 aromatic rings.